The van der Waals surface area contributed by atoms with E-state index in [1.807, 2.05) is 30.3 Å². The van der Waals surface area contributed by atoms with E-state index in [1.54, 1.807) is 45.6 Å². The van der Waals surface area contributed by atoms with Crippen LogP contribution in [0.3, 0.4) is 0 Å². The molecule has 1 amide bonds. The monoisotopic (exact) mass is 626 g/mol. The van der Waals surface area contributed by atoms with Crippen molar-refractivity contribution in [1.29, 1.82) is 0 Å². The predicted molar refractivity (Wildman–Crippen MR) is 164 cm³/mol. The summed E-state index contributed by atoms with van der Waals surface area (Å²) in [5, 5.41) is 4.77. The molecule has 1 aliphatic heterocycles. The molecule has 44 heavy (non-hydrogen) atoms. The predicted octanol–water partition coefficient (Wildman–Crippen LogP) is 3.85. The van der Waals surface area contributed by atoms with Crippen molar-refractivity contribution in [1.82, 2.24) is 5.32 Å². The van der Waals surface area contributed by atoms with Gasteiger partial charge in [0, 0.05) is 17.1 Å². The summed E-state index contributed by atoms with van der Waals surface area (Å²) in [7, 11) is 4.77. The van der Waals surface area contributed by atoms with E-state index in [1.165, 1.54) is 11.2 Å². The number of ether oxygens (including phenoxy) is 6. The smallest absolute Gasteiger partial charge is 0.293 e. The van der Waals surface area contributed by atoms with Crippen molar-refractivity contribution in [2.75, 3.05) is 39.7 Å². The summed E-state index contributed by atoms with van der Waals surface area (Å²) in [6, 6.07) is 15.6. The second kappa shape index (κ2) is 15.1. The Labute approximate surface area is 260 Å². The average Bonchev–Trinajstić information content (AvgIpc) is 3.50. The van der Waals surface area contributed by atoms with Crippen molar-refractivity contribution in [2.45, 2.75) is 18.9 Å². The number of halogens is 1. The Bertz CT molecular complexity index is 1460. The molecule has 1 aliphatic carbocycles. The number of nitrogens with one attached hydrogen (secondary N) is 1. The molecular weight excluding hydrogens is 592 g/mol. The van der Waals surface area contributed by atoms with Crippen LogP contribution in [0.2, 0.25) is 5.02 Å². The zero-order chi connectivity index (χ0) is 31.6. The van der Waals surface area contributed by atoms with Crippen LogP contribution in [0.1, 0.15) is 23.6 Å². The number of hydrogen-bond donors (Lipinski definition) is 3. The molecule has 0 spiro atoms. The van der Waals surface area contributed by atoms with Crippen molar-refractivity contribution in [3.05, 3.63) is 82.6 Å². The third-order valence-corrected chi connectivity index (χ3v) is 7.39. The van der Waals surface area contributed by atoms with Crippen LogP contribution in [-0.2, 0) is 20.7 Å². The minimum absolute atomic E-state index is 0.0784. The quantitative estimate of drug-likeness (QED) is 0.130. The van der Waals surface area contributed by atoms with Crippen LogP contribution in [0, 0.1) is 5.92 Å². The summed E-state index contributed by atoms with van der Waals surface area (Å²) in [5.41, 5.74) is 8.47. The molecule has 2 unspecified atom stereocenters. The number of rotatable bonds is 10. The van der Waals surface area contributed by atoms with Crippen LogP contribution >= 0.6 is 11.6 Å². The number of benzene rings is 3. The fourth-order valence-corrected chi connectivity index (χ4v) is 5.07. The third-order valence-electron chi connectivity index (χ3n) is 7.14. The van der Waals surface area contributed by atoms with Gasteiger partial charge in [0.15, 0.2) is 23.0 Å². The third kappa shape index (κ3) is 7.57. The van der Waals surface area contributed by atoms with E-state index in [2.05, 4.69) is 5.32 Å². The molecule has 2 atom stereocenters. The number of para-hydroxylation sites is 1. The van der Waals surface area contributed by atoms with E-state index < -0.39 is 11.9 Å². The highest BCUT2D eigenvalue weighted by molar-refractivity contribution is 6.30. The lowest BCUT2D eigenvalue weighted by atomic mass is 9.79. The average molecular weight is 627 g/mol. The highest BCUT2D eigenvalue weighted by Gasteiger charge is 2.34. The number of carbonyl (C=O) groups excluding carboxylic acids is 2. The lowest BCUT2D eigenvalue weighted by Gasteiger charge is -2.34. The summed E-state index contributed by atoms with van der Waals surface area (Å²) in [6.07, 6.45) is 2.80. The van der Waals surface area contributed by atoms with Gasteiger partial charge in [0.05, 0.1) is 39.7 Å². The highest BCUT2D eigenvalue weighted by atomic mass is 35.5. The van der Waals surface area contributed by atoms with Crippen molar-refractivity contribution >= 4 is 29.7 Å². The maximum atomic E-state index is 12.9. The van der Waals surface area contributed by atoms with Crippen LogP contribution in [0.15, 0.2) is 66.5 Å². The Kier molecular flexibility index (Phi) is 11.0. The molecule has 13 heteroatoms. The SMILES string of the molecule is COc1cccc(OC)c1OC.N/C(=C\N(N)c1ccc(Cl)cc1)C(=O)NC1c2cc3c(cc2CCC1COC=O)OCO3. The topological polar surface area (TPSA) is 157 Å². The van der Waals surface area contributed by atoms with Crippen LogP contribution in [0.5, 0.6) is 28.7 Å². The van der Waals surface area contributed by atoms with Gasteiger partial charge in [-0.1, -0.05) is 17.7 Å². The fraction of sp³-hybridized carbons (Fsp3) is 0.290. The summed E-state index contributed by atoms with van der Waals surface area (Å²) in [6.45, 7) is 0.722. The first kappa shape index (κ1) is 32.1. The Balaban J connectivity index is 0.000000309. The van der Waals surface area contributed by atoms with Gasteiger partial charge in [-0.15, -0.1) is 0 Å². The van der Waals surface area contributed by atoms with Crippen molar-refractivity contribution in [2.24, 2.45) is 17.5 Å². The number of anilines is 1. The number of hydrogen-bond acceptors (Lipinski definition) is 11. The molecule has 0 aromatic heterocycles. The van der Waals surface area contributed by atoms with Crippen molar-refractivity contribution < 1.29 is 38.0 Å². The number of amides is 1. The Morgan fingerprint density at radius 3 is 2.32 bits per heavy atom. The van der Waals surface area contributed by atoms with E-state index >= 15 is 0 Å². The van der Waals surface area contributed by atoms with E-state index in [-0.39, 0.29) is 25.0 Å². The number of hydrazine groups is 1. The minimum atomic E-state index is -0.499. The molecule has 0 saturated heterocycles. The molecule has 234 valence electrons. The first-order chi connectivity index (χ1) is 21.3. The molecule has 2 aliphatic rings. The van der Waals surface area contributed by atoms with Gasteiger partial charge in [0.2, 0.25) is 12.5 Å². The second-order valence-electron chi connectivity index (χ2n) is 9.75. The Hall–Kier alpha value is -4.81. The van der Waals surface area contributed by atoms with Gasteiger partial charge in [-0.3, -0.25) is 14.6 Å². The number of nitrogens with two attached hydrogens (primary N) is 2. The molecule has 0 radical (unpaired) electrons. The molecular formula is C31H35ClN4O8. The number of carbonyl (C=O) groups is 2. The van der Waals surface area contributed by atoms with Gasteiger partial charge >= 0.3 is 0 Å². The zero-order valence-corrected chi connectivity index (χ0v) is 25.3. The molecule has 3 aromatic rings. The van der Waals surface area contributed by atoms with Crippen molar-refractivity contribution in [3.8, 4) is 28.7 Å². The molecule has 0 fully saturated rings. The Morgan fingerprint density at radius 1 is 1.05 bits per heavy atom. The maximum absolute atomic E-state index is 12.9. The van der Waals surface area contributed by atoms with Gasteiger partial charge in [0.25, 0.3) is 12.4 Å². The van der Waals surface area contributed by atoms with Gasteiger partial charge < -0.3 is 39.5 Å². The highest BCUT2D eigenvalue weighted by Crippen LogP contribution is 2.42. The molecule has 1 heterocycles. The van der Waals surface area contributed by atoms with Crippen molar-refractivity contribution in [3.63, 3.8) is 0 Å². The Morgan fingerprint density at radius 2 is 1.70 bits per heavy atom. The van der Waals surface area contributed by atoms with Gasteiger partial charge in [0.1, 0.15) is 5.70 Å². The molecule has 0 bridgehead atoms. The van der Waals surface area contributed by atoms with Gasteiger partial charge in [-0.2, -0.15) is 0 Å². The van der Waals surface area contributed by atoms with E-state index in [0.717, 1.165) is 17.5 Å². The number of nitrogens with zero attached hydrogens (tertiary/aromatic N) is 1. The minimum Gasteiger partial charge on any atom is -0.493 e. The van der Waals surface area contributed by atoms with E-state index in [9.17, 15) is 9.59 Å². The summed E-state index contributed by atoms with van der Waals surface area (Å²) < 4.78 is 31.2. The lowest BCUT2D eigenvalue weighted by molar-refractivity contribution is -0.130. The van der Waals surface area contributed by atoms with E-state index in [0.29, 0.717) is 52.4 Å². The number of fused-ring (bicyclic) bond motifs is 2. The summed E-state index contributed by atoms with van der Waals surface area (Å²) in [4.78, 5) is 23.7. The normalized spacial score (nSPS) is 16.4. The standard InChI is InChI=1S/C22H23ClN4O5.C9H12O3/c23-15-3-5-16(6-4-15)27(25)9-18(24)22(29)26-21-14(10-30-11-28)2-1-13-7-19-20(8-17(13)21)32-12-31-19;1-10-7-5-4-6-8(11-2)9(7)12-3/h3-9,11,14,21H,1-2,10,12,24-25H2,(H,26,29);4-6H,1-3H3/b18-9-;. The summed E-state index contributed by atoms with van der Waals surface area (Å²) >= 11 is 5.90. The molecule has 3 aromatic carbocycles. The maximum Gasteiger partial charge on any atom is 0.293 e. The zero-order valence-electron chi connectivity index (χ0n) is 24.6. The molecule has 0 saturated carbocycles. The molecule has 5 N–H and O–H groups in total. The number of aryl methyl sites for hydroxylation is 1. The van der Waals surface area contributed by atoms with Gasteiger partial charge in [-0.25, -0.2) is 5.84 Å². The molecule has 12 nitrogen and oxygen atoms in total. The lowest BCUT2D eigenvalue weighted by Crippen LogP contribution is -2.41. The summed E-state index contributed by atoms with van der Waals surface area (Å²) in [5.74, 6) is 8.66. The fourth-order valence-electron chi connectivity index (χ4n) is 4.94. The first-order valence-corrected chi connectivity index (χ1v) is 14.0. The van der Waals surface area contributed by atoms with Crippen LogP contribution < -0.4 is 45.6 Å². The van der Waals surface area contributed by atoms with Gasteiger partial charge in [-0.05, 0) is 72.5 Å². The van der Waals surface area contributed by atoms with Crippen LogP contribution in [0.4, 0.5) is 5.69 Å². The molecule has 5 rings (SSSR count). The van der Waals surface area contributed by atoms with Crippen LogP contribution in [0.25, 0.3) is 0 Å². The second-order valence-corrected chi connectivity index (χ2v) is 10.2. The number of methoxy groups -OCH3 is 3. The van der Waals surface area contributed by atoms with Crippen LogP contribution in [-0.4, -0.2) is 47.1 Å². The van der Waals surface area contributed by atoms with E-state index in [4.69, 9.17) is 51.6 Å². The largest absolute Gasteiger partial charge is 0.493 e. The first-order valence-electron chi connectivity index (χ1n) is 13.6.